The summed E-state index contributed by atoms with van der Waals surface area (Å²) in [5.74, 6) is 0. The number of nitrogens with zero attached hydrogens (tertiary/aromatic N) is 1. The predicted molar refractivity (Wildman–Crippen MR) is 69.8 cm³/mol. The van der Waals surface area contributed by atoms with E-state index in [9.17, 15) is 0 Å². The van der Waals surface area contributed by atoms with Gasteiger partial charge >= 0.3 is 0 Å². The van der Waals surface area contributed by atoms with Crippen molar-refractivity contribution >= 4 is 17.4 Å². The van der Waals surface area contributed by atoms with Gasteiger partial charge in [-0.2, -0.15) is 0 Å². The second-order valence-electron chi connectivity index (χ2n) is 4.55. The molecule has 3 heteroatoms. The molecule has 84 valence electrons. The minimum absolute atomic E-state index is 0.163. The SMILES string of the molecule is CSc1cccc(N(C)CC(C)(C)N)c1. The maximum absolute atomic E-state index is 6.00. The summed E-state index contributed by atoms with van der Waals surface area (Å²) in [6, 6.07) is 8.51. The van der Waals surface area contributed by atoms with Crippen LogP contribution in [0.5, 0.6) is 0 Å². The normalized spacial score (nSPS) is 11.5. The largest absolute Gasteiger partial charge is 0.373 e. The minimum atomic E-state index is -0.163. The number of thioether (sulfide) groups is 1. The summed E-state index contributed by atoms with van der Waals surface area (Å²) in [5, 5.41) is 0. The highest BCUT2D eigenvalue weighted by Crippen LogP contribution is 2.22. The molecule has 0 aliphatic carbocycles. The van der Waals surface area contributed by atoms with Crippen LogP contribution in [0, 0.1) is 0 Å². The van der Waals surface area contributed by atoms with Crippen LogP contribution in [-0.2, 0) is 0 Å². The fourth-order valence-corrected chi connectivity index (χ4v) is 2.00. The van der Waals surface area contributed by atoms with Gasteiger partial charge in [-0.15, -0.1) is 11.8 Å². The van der Waals surface area contributed by atoms with Crippen molar-refractivity contribution in [2.24, 2.45) is 5.73 Å². The first-order valence-corrected chi connectivity index (χ1v) is 6.29. The van der Waals surface area contributed by atoms with Crippen LogP contribution < -0.4 is 10.6 Å². The topological polar surface area (TPSA) is 29.3 Å². The van der Waals surface area contributed by atoms with E-state index in [1.807, 2.05) is 13.8 Å². The molecule has 1 rings (SSSR count). The Morgan fingerprint density at radius 2 is 2.07 bits per heavy atom. The maximum Gasteiger partial charge on any atom is 0.0375 e. The van der Waals surface area contributed by atoms with Crippen LogP contribution in [0.2, 0.25) is 0 Å². The Morgan fingerprint density at radius 3 is 2.60 bits per heavy atom. The second kappa shape index (κ2) is 4.90. The molecule has 0 radical (unpaired) electrons. The Kier molecular flexibility index (Phi) is 4.05. The lowest BCUT2D eigenvalue weighted by Gasteiger charge is -2.28. The average Bonchev–Trinajstić information content (AvgIpc) is 2.15. The van der Waals surface area contributed by atoms with E-state index in [0.29, 0.717) is 0 Å². The zero-order chi connectivity index (χ0) is 11.5. The molecule has 0 saturated carbocycles. The smallest absolute Gasteiger partial charge is 0.0375 e. The van der Waals surface area contributed by atoms with Gasteiger partial charge in [0.15, 0.2) is 0 Å². The molecule has 1 aromatic carbocycles. The molecule has 1 aromatic rings. The van der Waals surface area contributed by atoms with E-state index in [4.69, 9.17) is 5.73 Å². The van der Waals surface area contributed by atoms with E-state index in [0.717, 1.165) is 6.54 Å². The van der Waals surface area contributed by atoms with Crippen molar-refractivity contribution in [3.8, 4) is 0 Å². The minimum Gasteiger partial charge on any atom is -0.373 e. The number of nitrogens with two attached hydrogens (primary N) is 1. The highest BCUT2D eigenvalue weighted by atomic mass is 32.2. The Bertz CT molecular complexity index is 318. The van der Waals surface area contributed by atoms with E-state index >= 15 is 0 Å². The molecule has 0 bridgehead atoms. The molecule has 0 amide bonds. The fourth-order valence-electron chi connectivity index (χ4n) is 1.55. The Labute approximate surface area is 96.8 Å². The molecule has 0 fully saturated rings. The van der Waals surface area contributed by atoms with Gasteiger partial charge in [-0.05, 0) is 38.3 Å². The first-order valence-electron chi connectivity index (χ1n) is 5.06. The van der Waals surface area contributed by atoms with Crippen molar-refractivity contribution in [3.05, 3.63) is 24.3 Å². The third kappa shape index (κ3) is 4.14. The quantitative estimate of drug-likeness (QED) is 0.797. The van der Waals surface area contributed by atoms with Crippen LogP contribution in [0.25, 0.3) is 0 Å². The van der Waals surface area contributed by atoms with Crippen LogP contribution >= 0.6 is 11.8 Å². The predicted octanol–water partition coefficient (Wildman–Crippen LogP) is 2.58. The van der Waals surface area contributed by atoms with E-state index in [1.165, 1.54) is 10.6 Å². The zero-order valence-corrected chi connectivity index (χ0v) is 10.8. The molecular formula is C12H20N2S. The van der Waals surface area contributed by atoms with Gasteiger partial charge < -0.3 is 10.6 Å². The van der Waals surface area contributed by atoms with Crippen LogP contribution in [0.15, 0.2) is 29.2 Å². The summed E-state index contributed by atoms with van der Waals surface area (Å²) < 4.78 is 0. The van der Waals surface area contributed by atoms with Crippen LogP contribution in [0.1, 0.15) is 13.8 Å². The summed E-state index contributed by atoms with van der Waals surface area (Å²) in [5.41, 5.74) is 7.06. The summed E-state index contributed by atoms with van der Waals surface area (Å²) >= 11 is 1.76. The van der Waals surface area contributed by atoms with Gasteiger partial charge in [0.2, 0.25) is 0 Å². The summed E-state index contributed by atoms with van der Waals surface area (Å²) in [7, 11) is 2.08. The van der Waals surface area contributed by atoms with Crippen molar-refractivity contribution in [1.29, 1.82) is 0 Å². The number of benzene rings is 1. The highest BCUT2D eigenvalue weighted by molar-refractivity contribution is 7.98. The summed E-state index contributed by atoms with van der Waals surface area (Å²) in [6.45, 7) is 4.94. The van der Waals surface area contributed by atoms with Crippen LogP contribution in [0.3, 0.4) is 0 Å². The molecule has 0 saturated heterocycles. The number of anilines is 1. The lowest BCUT2D eigenvalue weighted by Crippen LogP contribution is -2.44. The van der Waals surface area contributed by atoms with Gasteiger partial charge in [-0.1, -0.05) is 6.07 Å². The molecule has 0 unspecified atom stereocenters. The third-order valence-corrected chi connectivity index (χ3v) is 2.86. The van der Waals surface area contributed by atoms with Crippen LogP contribution in [-0.4, -0.2) is 25.4 Å². The molecule has 0 heterocycles. The maximum atomic E-state index is 6.00. The number of rotatable bonds is 4. The second-order valence-corrected chi connectivity index (χ2v) is 5.43. The van der Waals surface area contributed by atoms with Crippen LogP contribution in [0.4, 0.5) is 5.69 Å². The van der Waals surface area contributed by atoms with Gasteiger partial charge in [0.25, 0.3) is 0 Å². The van der Waals surface area contributed by atoms with E-state index in [-0.39, 0.29) is 5.54 Å². The first-order chi connectivity index (χ1) is 6.92. The molecule has 15 heavy (non-hydrogen) atoms. The molecule has 0 aliphatic rings. The molecule has 0 aromatic heterocycles. The molecule has 2 nitrogen and oxygen atoms in total. The van der Waals surface area contributed by atoms with Crippen molar-refractivity contribution < 1.29 is 0 Å². The lowest BCUT2D eigenvalue weighted by atomic mass is 10.1. The third-order valence-electron chi connectivity index (χ3n) is 2.14. The van der Waals surface area contributed by atoms with Gasteiger partial charge in [0, 0.05) is 29.7 Å². The molecule has 0 atom stereocenters. The van der Waals surface area contributed by atoms with Crippen molar-refractivity contribution in [3.63, 3.8) is 0 Å². The zero-order valence-electron chi connectivity index (χ0n) is 9.95. The van der Waals surface area contributed by atoms with Crippen molar-refractivity contribution in [2.45, 2.75) is 24.3 Å². The molecule has 0 spiro atoms. The lowest BCUT2D eigenvalue weighted by molar-refractivity contribution is 0.519. The van der Waals surface area contributed by atoms with Gasteiger partial charge in [-0.3, -0.25) is 0 Å². The van der Waals surface area contributed by atoms with E-state index in [2.05, 4.69) is 42.5 Å². The first kappa shape index (κ1) is 12.4. The Morgan fingerprint density at radius 1 is 1.40 bits per heavy atom. The number of hydrogen-bond acceptors (Lipinski definition) is 3. The van der Waals surface area contributed by atoms with E-state index in [1.54, 1.807) is 11.8 Å². The Hall–Kier alpha value is -0.670. The molecule has 2 N–H and O–H groups in total. The van der Waals surface area contributed by atoms with Gasteiger partial charge in [0.05, 0.1) is 0 Å². The monoisotopic (exact) mass is 224 g/mol. The molecule has 0 aliphatic heterocycles. The Balaban J connectivity index is 2.77. The molecular weight excluding hydrogens is 204 g/mol. The van der Waals surface area contributed by atoms with Gasteiger partial charge in [-0.25, -0.2) is 0 Å². The summed E-state index contributed by atoms with van der Waals surface area (Å²) in [6.07, 6.45) is 2.09. The van der Waals surface area contributed by atoms with Crippen molar-refractivity contribution in [2.75, 3.05) is 24.7 Å². The van der Waals surface area contributed by atoms with Gasteiger partial charge in [0.1, 0.15) is 0 Å². The standard InChI is InChI=1S/C12H20N2S/c1-12(2,13)9-14(3)10-6-5-7-11(8-10)15-4/h5-8H,9,13H2,1-4H3. The fraction of sp³-hybridized carbons (Fsp3) is 0.500. The number of likely N-dealkylation sites (N-methyl/N-ethyl adjacent to an activating group) is 1. The highest BCUT2D eigenvalue weighted by Gasteiger charge is 2.14. The number of hydrogen-bond donors (Lipinski definition) is 1. The van der Waals surface area contributed by atoms with Crippen molar-refractivity contribution in [1.82, 2.24) is 0 Å². The average molecular weight is 224 g/mol. The van der Waals surface area contributed by atoms with E-state index < -0.39 is 0 Å². The summed E-state index contributed by atoms with van der Waals surface area (Å²) in [4.78, 5) is 3.48.